The Morgan fingerprint density at radius 1 is 1.04 bits per heavy atom. The van der Waals surface area contributed by atoms with Gasteiger partial charge in [0.25, 0.3) is 0 Å². The van der Waals surface area contributed by atoms with Crippen molar-refractivity contribution in [2.75, 3.05) is 10.7 Å². The van der Waals surface area contributed by atoms with Crippen LogP contribution in [0.4, 0.5) is 32.4 Å². The molecule has 244 valence electrons. The van der Waals surface area contributed by atoms with Crippen molar-refractivity contribution in [2.24, 2.45) is 10.1 Å². The highest BCUT2D eigenvalue weighted by atomic mass is 32.2. The van der Waals surface area contributed by atoms with Gasteiger partial charge < -0.3 is 4.74 Å². The molecular formula is C31H26F5N7O3S. The zero-order valence-electron chi connectivity index (χ0n) is 25.0. The maximum Gasteiger partial charge on any atom is 0.499 e. The molecule has 1 N–H and O–H groups in total. The van der Waals surface area contributed by atoms with E-state index in [0.29, 0.717) is 28.3 Å². The molecule has 1 aliphatic heterocycles. The summed E-state index contributed by atoms with van der Waals surface area (Å²) in [5.74, 6) is -0.221. The molecule has 0 aliphatic carbocycles. The molecule has 0 radical (unpaired) electrons. The number of rotatable bonds is 8. The van der Waals surface area contributed by atoms with Gasteiger partial charge in [0, 0.05) is 5.56 Å². The van der Waals surface area contributed by atoms with Crippen LogP contribution < -0.4 is 15.1 Å². The number of urea groups is 1. The summed E-state index contributed by atoms with van der Waals surface area (Å²) in [5, 5.41) is 8.52. The van der Waals surface area contributed by atoms with Crippen LogP contribution in [0.2, 0.25) is 0 Å². The van der Waals surface area contributed by atoms with E-state index in [1.165, 1.54) is 46.0 Å². The van der Waals surface area contributed by atoms with E-state index in [1.807, 2.05) is 39.0 Å². The number of alkyl halides is 5. The quantitative estimate of drug-likeness (QED) is 0.122. The van der Waals surface area contributed by atoms with Gasteiger partial charge in [0.2, 0.25) is 5.91 Å². The molecule has 0 atom stereocenters. The Balaban J connectivity index is 1.21. The number of nitrogens with one attached hydrogen (secondary N) is 1. The third kappa shape index (κ3) is 7.65. The van der Waals surface area contributed by atoms with Crippen LogP contribution in [0.15, 0.2) is 83.2 Å². The van der Waals surface area contributed by atoms with Crippen molar-refractivity contribution in [1.82, 2.24) is 20.2 Å². The van der Waals surface area contributed by atoms with Crippen LogP contribution in [0.5, 0.6) is 5.75 Å². The molecular weight excluding hydrogens is 645 g/mol. The van der Waals surface area contributed by atoms with Gasteiger partial charge in [-0.3, -0.25) is 9.69 Å². The smallest absolute Gasteiger partial charge is 0.426 e. The molecule has 1 aromatic heterocycles. The third-order valence-corrected chi connectivity index (χ3v) is 7.65. The molecule has 16 heteroatoms. The Morgan fingerprint density at radius 2 is 1.74 bits per heavy atom. The van der Waals surface area contributed by atoms with Gasteiger partial charge in [0.05, 0.1) is 23.3 Å². The summed E-state index contributed by atoms with van der Waals surface area (Å²) >= 11 is 1.17. The second-order valence-corrected chi connectivity index (χ2v) is 11.5. The second kappa shape index (κ2) is 13.3. The number of amides is 3. The second-order valence-electron chi connectivity index (χ2n) is 10.5. The first-order valence-corrected chi connectivity index (χ1v) is 14.9. The molecule has 0 saturated carbocycles. The number of aromatic nitrogens is 3. The van der Waals surface area contributed by atoms with Crippen molar-refractivity contribution >= 4 is 40.8 Å². The highest BCUT2D eigenvalue weighted by Crippen LogP contribution is 2.37. The molecule has 10 nitrogen and oxygen atoms in total. The van der Waals surface area contributed by atoms with Gasteiger partial charge in [-0.15, -0.1) is 5.10 Å². The summed E-state index contributed by atoms with van der Waals surface area (Å²) in [5.41, 5.74) is 6.56. The van der Waals surface area contributed by atoms with Crippen molar-refractivity contribution in [3.8, 4) is 22.8 Å². The maximum atomic E-state index is 13.1. The number of halogens is 5. The molecule has 3 aromatic carbocycles. The number of carbonyl (C=O) groups excluding carboxylic acids is 2. The molecule has 0 spiro atoms. The van der Waals surface area contributed by atoms with Crippen LogP contribution in [0.3, 0.4) is 0 Å². The van der Waals surface area contributed by atoms with Crippen LogP contribution in [-0.4, -0.2) is 56.1 Å². The van der Waals surface area contributed by atoms with Crippen molar-refractivity contribution in [3.05, 3.63) is 89.7 Å². The molecule has 1 saturated heterocycles. The number of anilines is 1. The maximum absolute atomic E-state index is 13.1. The van der Waals surface area contributed by atoms with Crippen molar-refractivity contribution in [3.63, 3.8) is 0 Å². The average molecular weight is 672 g/mol. The van der Waals surface area contributed by atoms with Crippen molar-refractivity contribution in [2.45, 2.75) is 39.0 Å². The predicted octanol–water partition coefficient (Wildman–Crippen LogP) is 7.08. The topological polar surface area (TPSA) is 114 Å². The first kappa shape index (κ1) is 33.2. The molecule has 47 heavy (non-hydrogen) atoms. The van der Waals surface area contributed by atoms with E-state index < -0.39 is 24.1 Å². The SMILES string of the molecule is Cc1ccc(C(C)C)c(N2C(=O)CSC2=NC(=O)N/N=C/c2ccc(-c3ncn(-c4ccc(OC(F)(F)C(F)(F)F)cc4)n3)cc2)c1. The van der Waals surface area contributed by atoms with E-state index in [0.717, 1.165) is 23.3 Å². The lowest BCUT2D eigenvalue weighted by atomic mass is 9.99. The van der Waals surface area contributed by atoms with Crippen molar-refractivity contribution in [1.29, 1.82) is 0 Å². The first-order valence-electron chi connectivity index (χ1n) is 14.0. The number of amidine groups is 1. The lowest BCUT2D eigenvalue weighted by Crippen LogP contribution is -2.41. The van der Waals surface area contributed by atoms with E-state index in [9.17, 15) is 31.5 Å². The normalized spacial score (nSPS) is 14.9. The van der Waals surface area contributed by atoms with Gasteiger partial charge in [-0.2, -0.15) is 32.0 Å². The van der Waals surface area contributed by atoms with Gasteiger partial charge in [-0.25, -0.2) is 19.9 Å². The summed E-state index contributed by atoms with van der Waals surface area (Å²) in [6.45, 7) is 5.98. The largest absolute Gasteiger partial charge is 0.499 e. The van der Waals surface area contributed by atoms with Crippen LogP contribution in [0.25, 0.3) is 17.1 Å². The average Bonchev–Trinajstić information content (AvgIpc) is 3.64. The number of benzene rings is 3. The number of hydrazone groups is 1. The highest BCUT2D eigenvalue weighted by molar-refractivity contribution is 8.15. The Morgan fingerprint density at radius 3 is 2.40 bits per heavy atom. The molecule has 4 aromatic rings. The van der Waals surface area contributed by atoms with Gasteiger partial charge in [-0.05, 0) is 59.9 Å². The molecule has 3 amide bonds. The molecule has 0 unspecified atom stereocenters. The number of nitrogens with zero attached hydrogens (tertiary/aromatic N) is 6. The van der Waals surface area contributed by atoms with E-state index in [1.54, 1.807) is 24.3 Å². The van der Waals surface area contributed by atoms with Gasteiger partial charge in [-0.1, -0.05) is 62.0 Å². The summed E-state index contributed by atoms with van der Waals surface area (Å²) in [4.78, 5) is 35.0. The highest BCUT2D eigenvalue weighted by Gasteiger charge is 2.61. The Labute approximate surface area is 269 Å². The number of hydrogen-bond donors (Lipinski definition) is 1. The third-order valence-electron chi connectivity index (χ3n) is 6.72. The Hall–Kier alpha value is -5.12. The molecule has 1 aliphatic rings. The van der Waals surface area contributed by atoms with E-state index in [-0.39, 0.29) is 22.7 Å². The number of ether oxygens (including phenoxy) is 1. The van der Waals surface area contributed by atoms with E-state index in [2.05, 4.69) is 30.3 Å². The van der Waals surface area contributed by atoms with Crippen LogP contribution >= 0.6 is 11.8 Å². The summed E-state index contributed by atoms with van der Waals surface area (Å²) in [7, 11) is 0. The standard InChI is InChI=1S/C31H26F5N7O3S/c1-18(2)24-13-4-19(3)14-25(24)43-26(44)16-47-29(43)39-28(45)40-38-15-20-5-7-21(8-6-20)27-37-17-42(41-27)22-9-11-23(12-10-22)46-31(35,36)30(32,33)34/h4-15,17-18H,16H2,1-3H3,(H,40,45)/b38-15+,39-29?. The number of aliphatic imine (C=N–C) groups is 1. The first-order chi connectivity index (χ1) is 22.2. The fourth-order valence-electron chi connectivity index (χ4n) is 4.40. The number of carbonyl (C=O) groups is 2. The molecule has 2 heterocycles. The fraction of sp³-hybridized carbons (Fsp3) is 0.226. The minimum absolute atomic E-state index is 0.150. The van der Waals surface area contributed by atoms with E-state index >= 15 is 0 Å². The van der Waals surface area contributed by atoms with E-state index in [4.69, 9.17) is 0 Å². The predicted molar refractivity (Wildman–Crippen MR) is 167 cm³/mol. The minimum atomic E-state index is -5.85. The summed E-state index contributed by atoms with van der Waals surface area (Å²) < 4.78 is 68.5. The number of hydrogen-bond acceptors (Lipinski definition) is 7. The number of aryl methyl sites for hydroxylation is 1. The molecule has 0 bridgehead atoms. The minimum Gasteiger partial charge on any atom is -0.426 e. The Bertz CT molecular complexity index is 1840. The Kier molecular flexibility index (Phi) is 9.42. The van der Waals surface area contributed by atoms with Gasteiger partial charge in [0.1, 0.15) is 12.1 Å². The van der Waals surface area contributed by atoms with Crippen LogP contribution in [0, 0.1) is 6.92 Å². The lowest BCUT2D eigenvalue weighted by molar-refractivity contribution is -0.360. The van der Waals surface area contributed by atoms with Crippen LogP contribution in [-0.2, 0) is 4.79 Å². The zero-order valence-corrected chi connectivity index (χ0v) is 25.8. The zero-order chi connectivity index (χ0) is 33.9. The fourth-order valence-corrected chi connectivity index (χ4v) is 5.26. The summed E-state index contributed by atoms with van der Waals surface area (Å²) in [6.07, 6.45) is -8.43. The summed E-state index contributed by atoms with van der Waals surface area (Å²) in [6, 6.07) is 16.3. The van der Waals surface area contributed by atoms with Gasteiger partial charge in [0.15, 0.2) is 11.0 Å². The monoisotopic (exact) mass is 671 g/mol. The van der Waals surface area contributed by atoms with Crippen molar-refractivity contribution < 1.29 is 36.3 Å². The van der Waals surface area contributed by atoms with Crippen LogP contribution in [0.1, 0.15) is 36.5 Å². The molecule has 5 rings (SSSR count). The molecule has 1 fully saturated rings. The van der Waals surface area contributed by atoms with Gasteiger partial charge >= 0.3 is 18.3 Å². The lowest BCUT2D eigenvalue weighted by Gasteiger charge is -2.22. The number of thioether (sulfide) groups is 1.